The molecule has 24 heavy (non-hydrogen) atoms. The van der Waals surface area contributed by atoms with Gasteiger partial charge < -0.3 is 21.1 Å². The van der Waals surface area contributed by atoms with E-state index in [9.17, 15) is 15.0 Å². The lowest BCUT2D eigenvalue weighted by molar-refractivity contribution is 0.0696. The lowest BCUT2D eigenvalue weighted by Gasteiger charge is -2.06. The predicted octanol–water partition coefficient (Wildman–Crippen LogP) is 3.95. The Balaban J connectivity index is 2.06. The van der Waals surface area contributed by atoms with Crippen molar-refractivity contribution in [3.05, 3.63) is 54.1 Å². The number of azo groups is 1. The number of aromatic carboxylic acids is 1. The zero-order chi connectivity index (χ0) is 17.3. The fourth-order valence-electron chi connectivity index (χ4n) is 2.27. The summed E-state index contributed by atoms with van der Waals surface area (Å²) in [5.41, 5.74) is 6.69. The number of fused-ring (bicyclic) bond motifs is 1. The maximum atomic E-state index is 10.9. The van der Waals surface area contributed by atoms with Crippen LogP contribution < -0.4 is 5.73 Å². The Kier molecular flexibility index (Phi) is 3.75. The first-order chi connectivity index (χ1) is 11.5. The van der Waals surface area contributed by atoms with Crippen LogP contribution in [0.2, 0.25) is 0 Å². The average Bonchev–Trinajstić information content (AvgIpc) is 2.54. The van der Waals surface area contributed by atoms with Gasteiger partial charge >= 0.3 is 5.97 Å². The predicted molar refractivity (Wildman–Crippen MR) is 89.3 cm³/mol. The van der Waals surface area contributed by atoms with E-state index < -0.39 is 5.97 Å². The van der Waals surface area contributed by atoms with Gasteiger partial charge in [0.05, 0.1) is 11.3 Å². The third kappa shape index (κ3) is 2.82. The van der Waals surface area contributed by atoms with E-state index in [4.69, 9.17) is 10.8 Å². The summed E-state index contributed by atoms with van der Waals surface area (Å²) >= 11 is 0. The second kappa shape index (κ2) is 5.88. The smallest absolute Gasteiger partial charge is 0.335 e. The van der Waals surface area contributed by atoms with Gasteiger partial charge in [-0.05, 0) is 41.8 Å². The van der Waals surface area contributed by atoms with Gasteiger partial charge in [-0.25, -0.2) is 4.79 Å². The van der Waals surface area contributed by atoms with Gasteiger partial charge in [0.2, 0.25) is 0 Å². The summed E-state index contributed by atoms with van der Waals surface area (Å²) in [7, 11) is 0. The van der Waals surface area contributed by atoms with E-state index in [1.807, 2.05) is 0 Å². The fraction of sp³-hybridized carbons (Fsp3) is 0. The number of aromatic hydroxyl groups is 2. The molecule has 5 N–H and O–H groups in total. The number of carboxylic acids is 1. The van der Waals surface area contributed by atoms with Crippen LogP contribution in [0.3, 0.4) is 0 Å². The molecule has 0 aliphatic rings. The summed E-state index contributed by atoms with van der Waals surface area (Å²) < 4.78 is 0. The van der Waals surface area contributed by atoms with E-state index in [-0.39, 0.29) is 22.7 Å². The molecule has 0 fully saturated rings. The van der Waals surface area contributed by atoms with Crippen LogP contribution in [0.5, 0.6) is 11.5 Å². The minimum atomic E-state index is -1.15. The highest BCUT2D eigenvalue weighted by atomic mass is 16.4. The van der Waals surface area contributed by atoms with Crippen LogP contribution in [0.25, 0.3) is 10.8 Å². The van der Waals surface area contributed by atoms with E-state index in [0.717, 1.165) is 11.5 Å². The number of hydrogen-bond donors (Lipinski definition) is 4. The van der Waals surface area contributed by atoms with Crippen molar-refractivity contribution < 1.29 is 20.1 Å². The molecular weight excluding hydrogens is 310 g/mol. The number of carboxylic acid groups (broad SMARTS) is 1. The Bertz CT molecular complexity index is 978. The molecule has 0 spiro atoms. The third-order valence-corrected chi connectivity index (χ3v) is 3.49. The molecule has 0 amide bonds. The van der Waals surface area contributed by atoms with Crippen molar-refractivity contribution in [1.82, 2.24) is 0 Å². The molecule has 0 aromatic heterocycles. The maximum absolute atomic E-state index is 10.9. The minimum Gasteiger partial charge on any atom is -0.508 e. The highest BCUT2D eigenvalue weighted by molar-refractivity contribution is 5.98. The van der Waals surface area contributed by atoms with Crippen molar-refractivity contribution in [1.29, 1.82) is 0 Å². The molecule has 7 heteroatoms. The largest absolute Gasteiger partial charge is 0.508 e. The van der Waals surface area contributed by atoms with Gasteiger partial charge in [-0.1, -0.05) is 12.1 Å². The number of benzene rings is 3. The van der Waals surface area contributed by atoms with Crippen LogP contribution in [-0.4, -0.2) is 21.3 Å². The maximum Gasteiger partial charge on any atom is 0.335 e. The van der Waals surface area contributed by atoms with E-state index in [1.165, 1.54) is 18.2 Å². The Morgan fingerprint density at radius 1 is 0.958 bits per heavy atom. The molecule has 0 aliphatic carbocycles. The normalized spacial score (nSPS) is 11.2. The summed E-state index contributed by atoms with van der Waals surface area (Å²) in [6.07, 6.45) is 0. The summed E-state index contributed by atoms with van der Waals surface area (Å²) in [5.74, 6) is -1.39. The van der Waals surface area contributed by atoms with Crippen molar-refractivity contribution in [2.45, 2.75) is 0 Å². The topological polar surface area (TPSA) is 128 Å². The first kappa shape index (κ1) is 15.3. The average molecular weight is 323 g/mol. The van der Waals surface area contributed by atoms with Gasteiger partial charge in [0, 0.05) is 5.39 Å². The molecule has 7 nitrogen and oxygen atoms in total. The van der Waals surface area contributed by atoms with Crippen molar-refractivity contribution >= 4 is 33.8 Å². The third-order valence-electron chi connectivity index (χ3n) is 3.49. The Labute approximate surface area is 136 Å². The van der Waals surface area contributed by atoms with E-state index in [1.54, 1.807) is 24.3 Å². The molecule has 0 unspecified atom stereocenters. The van der Waals surface area contributed by atoms with Crippen molar-refractivity contribution in [3.63, 3.8) is 0 Å². The molecule has 0 aliphatic heterocycles. The van der Waals surface area contributed by atoms with E-state index in [2.05, 4.69) is 10.2 Å². The van der Waals surface area contributed by atoms with Crippen molar-refractivity contribution in [3.8, 4) is 11.5 Å². The molecule has 0 radical (unpaired) electrons. The van der Waals surface area contributed by atoms with Gasteiger partial charge in [-0.3, -0.25) is 0 Å². The van der Waals surface area contributed by atoms with Crippen LogP contribution in [0.1, 0.15) is 10.4 Å². The second-order valence-electron chi connectivity index (χ2n) is 5.12. The van der Waals surface area contributed by atoms with Crippen molar-refractivity contribution in [2.24, 2.45) is 10.2 Å². The Hall–Kier alpha value is -3.61. The summed E-state index contributed by atoms with van der Waals surface area (Å²) in [6.45, 7) is 0. The van der Waals surface area contributed by atoms with E-state index >= 15 is 0 Å². The highest BCUT2D eigenvalue weighted by Gasteiger charge is 2.09. The zero-order valence-electron chi connectivity index (χ0n) is 12.3. The Morgan fingerprint density at radius 2 is 1.71 bits per heavy atom. The number of nitrogens with zero attached hydrogens (tertiary/aromatic N) is 2. The molecular formula is C17H13N3O4. The molecule has 0 atom stereocenters. The first-order valence-corrected chi connectivity index (χ1v) is 6.95. The zero-order valence-corrected chi connectivity index (χ0v) is 12.3. The minimum absolute atomic E-state index is 0.0546. The number of phenolic OH excluding ortho intramolecular Hbond substituents is 2. The molecule has 3 aromatic carbocycles. The fourth-order valence-corrected chi connectivity index (χ4v) is 2.27. The molecule has 3 rings (SSSR count). The number of nitrogens with two attached hydrogens (primary N) is 1. The standard InChI is InChI=1S/C17H13N3O4/c18-13-5-2-9-1-4-11(21)8-12(9)16(13)20-19-14-6-3-10(17(23)24)7-15(14)22/h1-8,21-22H,18H2,(H,23,24)/b20-19+. The van der Waals surface area contributed by atoms with Gasteiger partial charge in [0.15, 0.2) is 0 Å². The van der Waals surface area contributed by atoms with Gasteiger partial charge in [0.25, 0.3) is 0 Å². The van der Waals surface area contributed by atoms with Crippen LogP contribution in [0, 0.1) is 0 Å². The number of carbonyl (C=O) groups is 1. The van der Waals surface area contributed by atoms with Crippen LogP contribution in [-0.2, 0) is 0 Å². The van der Waals surface area contributed by atoms with Gasteiger partial charge in [0.1, 0.15) is 22.9 Å². The summed E-state index contributed by atoms with van der Waals surface area (Å²) in [4.78, 5) is 10.9. The molecule has 0 heterocycles. The molecule has 0 saturated carbocycles. The second-order valence-corrected chi connectivity index (χ2v) is 5.12. The van der Waals surface area contributed by atoms with Gasteiger partial charge in [-0.15, -0.1) is 10.2 Å². The summed E-state index contributed by atoms with van der Waals surface area (Å²) in [5, 5.41) is 37.8. The molecule has 120 valence electrons. The Morgan fingerprint density at radius 3 is 2.42 bits per heavy atom. The molecule has 0 saturated heterocycles. The number of phenols is 2. The molecule has 3 aromatic rings. The monoisotopic (exact) mass is 323 g/mol. The highest BCUT2D eigenvalue weighted by Crippen LogP contribution is 2.36. The number of nitrogen functional groups attached to an aromatic ring is 1. The van der Waals surface area contributed by atoms with E-state index in [0.29, 0.717) is 16.8 Å². The number of rotatable bonds is 3. The van der Waals surface area contributed by atoms with Crippen LogP contribution in [0.4, 0.5) is 17.1 Å². The lowest BCUT2D eigenvalue weighted by Crippen LogP contribution is -1.94. The quantitative estimate of drug-likeness (QED) is 0.428. The van der Waals surface area contributed by atoms with Crippen LogP contribution >= 0.6 is 0 Å². The SMILES string of the molecule is Nc1ccc2ccc(O)cc2c1/N=N/c1ccc(C(=O)O)cc1O. The van der Waals surface area contributed by atoms with Crippen LogP contribution in [0.15, 0.2) is 58.8 Å². The lowest BCUT2D eigenvalue weighted by atomic mass is 10.1. The molecule has 0 bridgehead atoms. The number of anilines is 1. The number of hydrogen-bond acceptors (Lipinski definition) is 6. The van der Waals surface area contributed by atoms with Gasteiger partial charge in [-0.2, -0.15) is 0 Å². The summed E-state index contributed by atoms with van der Waals surface area (Å²) in [6, 6.07) is 12.0. The first-order valence-electron chi connectivity index (χ1n) is 6.95. The van der Waals surface area contributed by atoms with Crippen molar-refractivity contribution in [2.75, 3.05) is 5.73 Å².